The molecule has 0 aliphatic heterocycles. The summed E-state index contributed by atoms with van der Waals surface area (Å²) in [5.41, 5.74) is 2.56. The number of carbonyl (C=O) groups is 2. The lowest BCUT2D eigenvalue weighted by Gasteiger charge is -2.11. The number of amides is 1. The molecular formula is C20H18N2O4. The van der Waals surface area contributed by atoms with Gasteiger partial charge in [-0.2, -0.15) is 0 Å². The highest BCUT2D eigenvalue weighted by Crippen LogP contribution is 2.22. The van der Waals surface area contributed by atoms with E-state index in [0.717, 1.165) is 11.1 Å². The van der Waals surface area contributed by atoms with Gasteiger partial charge in [-0.25, -0.2) is 9.78 Å². The second kappa shape index (κ2) is 7.23. The standard InChI is InChI=1S/C20H18N2O4/c1-12-15(20(24)26-3)5-4-6-16(12)22-19(23)18-9-7-13-11-14(25-2)8-10-17(13)21-18/h4-11H,1-3H3,(H,22,23). The van der Waals surface area contributed by atoms with Gasteiger partial charge in [-0.3, -0.25) is 4.79 Å². The first-order chi connectivity index (χ1) is 12.5. The Bertz CT molecular complexity index is 998. The van der Waals surface area contributed by atoms with Crippen LogP contribution in [0.4, 0.5) is 5.69 Å². The molecule has 3 rings (SSSR count). The van der Waals surface area contributed by atoms with Gasteiger partial charge >= 0.3 is 5.97 Å². The minimum atomic E-state index is -0.448. The highest BCUT2D eigenvalue weighted by molar-refractivity contribution is 6.05. The molecule has 1 heterocycles. The van der Waals surface area contributed by atoms with Crippen molar-refractivity contribution in [3.63, 3.8) is 0 Å². The monoisotopic (exact) mass is 350 g/mol. The molecule has 0 bridgehead atoms. The number of nitrogens with one attached hydrogen (secondary N) is 1. The van der Waals surface area contributed by atoms with Crippen molar-refractivity contribution < 1.29 is 19.1 Å². The summed E-state index contributed by atoms with van der Waals surface area (Å²) >= 11 is 0. The van der Waals surface area contributed by atoms with E-state index in [1.807, 2.05) is 12.1 Å². The van der Waals surface area contributed by atoms with Crippen LogP contribution in [-0.4, -0.2) is 31.1 Å². The largest absolute Gasteiger partial charge is 0.497 e. The minimum absolute atomic E-state index is 0.283. The van der Waals surface area contributed by atoms with Crippen molar-refractivity contribution >= 4 is 28.5 Å². The number of benzene rings is 2. The Balaban J connectivity index is 1.88. The van der Waals surface area contributed by atoms with E-state index in [-0.39, 0.29) is 11.6 Å². The van der Waals surface area contributed by atoms with Crippen LogP contribution in [-0.2, 0) is 4.74 Å². The zero-order chi connectivity index (χ0) is 18.7. The number of pyridine rings is 1. The van der Waals surface area contributed by atoms with Crippen LogP contribution in [0.5, 0.6) is 5.75 Å². The summed E-state index contributed by atoms with van der Waals surface area (Å²) in [5, 5.41) is 3.68. The van der Waals surface area contributed by atoms with Crippen LogP contribution >= 0.6 is 0 Å². The third-order valence-corrected chi connectivity index (χ3v) is 4.12. The molecule has 132 valence electrons. The molecular weight excluding hydrogens is 332 g/mol. The first-order valence-corrected chi connectivity index (χ1v) is 7.97. The maximum absolute atomic E-state index is 12.6. The molecule has 6 heteroatoms. The van der Waals surface area contributed by atoms with Crippen molar-refractivity contribution in [3.8, 4) is 5.75 Å². The topological polar surface area (TPSA) is 77.5 Å². The number of esters is 1. The molecule has 0 radical (unpaired) electrons. The lowest BCUT2D eigenvalue weighted by atomic mass is 10.1. The molecule has 0 aliphatic rings. The van der Waals surface area contributed by atoms with Gasteiger partial charge in [0, 0.05) is 11.1 Å². The second-order valence-corrected chi connectivity index (χ2v) is 5.68. The molecule has 0 aliphatic carbocycles. The number of anilines is 1. The minimum Gasteiger partial charge on any atom is -0.497 e. The van der Waals surface area contributed by atoms with E-state index < -0.39 is 5.97 Å². The summed E-state index contributed by atoms with van der Waals surface area (Å²) in [6.07, 6.45) is 0. The quantitative estimate of drug-likeness (QED) is 0.728. The third kappa shape index (κ3) is 3.35. The van der Waals surface area contributed by atoms with Gasteiger partial charge in [-0.1, -0.05) is 12.1 Å². The Morgan fingerprint density at radius 3 is 2.58 bits per heavy atom. The molecule has 1 N–H and O–H groups in total. The summed E-state index contributed by atoms with van der Waals surface area (Å²) < 4.78 is 9.94. The second-order valence-electron chi connectivity index (χ2n) is 5.68. The van der Waals surface area contributed by atoms with E-state index in [9.17, 15) is 9.59 Å². The van der Waals surface area contributed by atoms with Gasteiger partial charge in [0.15, 0.2) is 0 Å². The van der Waals surface area contributed by atoms with Crippen molar-refractivity contribution in [1.82, 2.24) is 4.98 Å². The molecule has 26 heavy (non-hydrogen) atoms. The molecule has 1 amide bonds. The third-order valence-electron chi connectivity index (χ3n) is 4.12. The van der Waals surface area contributed by atoms with Gasteiger partial charge in [0.25, 0.3) is 5.91 Å². The predicted molar refractivity (Wildman–Crippen MR) is 98.8 cm³/mol. The predicted octanol–water partition coefficient (Wildman–Crippen LogP) is 3.59. The fraction of sp³-hybridized carbons (Fsp3) is 0.150. The number of fused-ring (bicyclic) bond motifs is 1. The average molecular weight is 350 g/mol. The number of carbonyl (C=O) groups excluding carboxylic acids is 2. The van der Waals surface area contributed by atoms with Gasteiger partial charge in [-0.05, 0) is 48.9 Å². The van der Waals surface area contributed by atoms with Crippen LogP contribution in [0.15, 0.2) is 48.5 Å². The Morgan fingerprint density at radius 1 is 1.04 bits per heavy atom. The maximum atomic E-state index is 12.6. The van der Waals surface area contributed by atoms with Gasteiger partial charge < -0.3 is 14.8 Å². The van der Waals surface area contributed by atoms with Gasteiger partial charge in [0.1, 0.15) is 11.4 Å². The highest BCUT2D eigenvalue weighted by atomic mass is 16.5. The molecule has 0 saturated heterocycles. The molecule has 0 fully saturated rings. The number of hydrogen-bond acceptors (Lipinski definition) is 5. The molecule has 0 atom stereocenters. The number of nitrogens with zero attached hydrogens (tertiary/aromatic N) is 1. The zero-order valence-electron chi connectivity index (χ0n) is 14.7. The number of rotatable bonds is 4. The van der Waals surface area contributed by atoms with Gasteiger partial charge in [0.2, 0.25) is 0 Å². The highest BCUT2D eigenvalue weighted by Gasteiger charge is 2.15. The smallest absolute Gasteiger partial charge is 0.338 e. The lowest BCUT2D eigenvalue weighted by Crippen LogP contribution is -2.15. The number of ether oxygens (including phenoxy) is 2. The van der Waals surface area contributed by atoms with Crippen LogP contribution < -0.4 is 10.1 Å². The first-order valence-electron chi connectivity index (χ1n) is 7.97. The van der Waals surface area contributed by atoms with Gasteiger partial charge in [-0.15, -0.1) is 0 Å². The fourth-order valence-electron chi connectivity index (χ4n) is 2.65. The average Bonchev–Trinajstić information content (AvgIpc) is 2.68. The van der Waals surface area contributed by atoms with E-state index in [0.29, 0.717) is 22.3 Å². The Kier molecular flexibility index (Phi) is 4.84. The summed E-state index contributed by atoms with van der Waals surface area (Å²) in [5.74, 6) is -0.0732. The summed E-state index contributed by atoms with van der Waals surface area (Å²) in [6, 6.07) is 14.0. The van der Waals surface area contributed by atoms with Crippen molar-refractivity contribution in [1.29, 1.82) is 0 Å². The molecule has 0 unspecified atom stereocenters. The summed E-state index contributed by atoms with van der Waals surface area (Å²) in [6.45, 7) is 1.75. The number of methoxy groups -OCH3 is 2. The van der Waals surface area contributed by atoms with Crippen LogP contribution in [0.25, 0.3) is 10.9 Å². The van der Waals surface area contributed by atoms with Crippen molar-refractivity contribution in [2.75, 3.05) is 19.5 Å². The molecule has 3 aromatic rings. The first kappa shape index (κ1) is 17.4. The van der Waals surface area contributed by atoms with E-state index in [1.54, 1.807) is 50.4 Å². The molecule has 0 spiro atoms. The Hall–Kier alpha value is -3.41. The number of hydrogen-bond donors (Lipinski definition) is 1. The Morgan fingerprint density at radius 2 is 1.85 bits per heavy atom. The molecule has 2 aromatic carbocycles. The van der Waals surface area contributed by atoms with Crippen molar-refractivity contribution in [2.45, 2.75) is 6.92 Å². The van der Waals surface area contributed by atoms with Crippen molar-refractivity contribution in [2.24, 2.45) is 0 Å². The van der Waals surface area contributed by atoms with Crippen molar-refractivity contribution in [3.05, 3.63) is 65.4 Å². The van der Waals surface area contributed by atoms with Gasteiger partial charge in [0.05, 0.1) is 25.3 Å². The van der Waals surface area contributed by atoms with E-state index in [1.165, 1.54) is 7.11 Å². The fourth-order valence-corrected chi connectivity index (χ4v) is 2.65. The molecule has 6 nitrogen and oxygen atoms in total. The molecule has 0 saturated carbocycles. The van der Waals surface area contributed by atoms with Crippen LogP contribution in [0.1, 0.15) is 26.4 Å². The van der Waals surface area contributed by atoms with E-state index in [2.05, 4.69) is 10.3 Å². The SMILES string of the molecule is COC(=O)c1cccc(NC(=O)c2ccc3cc(OC)ccc3n2)c1C. The maximum Gasteiger partial charge on any atom is 0.338 e. The van der Waals surface area contributed by atoms with Crippen LogP contribution in [0, 0.1) is 6.92 Å². The summed E-state index contributed by atoms with van der Waals surface area (Å²) in [4.78, 5) is 28.7. The van der Waals surface area contributed by atoms with Crippen LogP contribution in [0.2, 0.25) is 0 Å². The number of aromatic nitrogens is 1. The lowest BCUT2D eigenvalue weighted by molar-refractivity contribution is 0.0599. The zero-order valence-corrected chi connectivity index (χ0v) is 14.7. The summed E-state index contributed by atoms with van der Waals surface area (Å²) in [7, 11) is 2.92. The Labute approximate surface area is 150 Å². The van der Waals surface area contributed by atoms with E-state index >= 15 is 0 Å². The molecule has 1 aromatic heterocycles. The van der Waals surface area contributed by atoms with Crippen LogP contribution in [0.3, 0.4) is 0 Å². The normalized spacial score (nSPS) is 10.4. The van der Waals surface area contributed by atoms with E-state index in [4.69, 9.17) is 9.47 Å².